The van der Waals surface area contributed by atoms with Crippen molar-refractivity contribution in [2.75, 3.05) is 6.61 Å². The molecule has 0 saturated carbocycles. The van der Waals surface area contributed by atoms with Crippen LogP contribution >= 0.6 is 11.8 Å². The summed E-state index contributed by atoms with van der Waals surface area (Å²) >= 11 is 1.77. The van der Waals surface area contributed by atoms with Crippen LogP contribution in [0.2, 0.25) is 0 Å². The summed E-state index contributed by atoms with van der Waals surface area (Å²) in [5.74, 6) is 0.804. The van der Waals surface area contributed by atoms with E-state index >= 15 is 0 Å². The molecule has 0 aliphatic heterocycles. The Morgan fingerprint density at radius 3 is 2.39 bits per heavy atom. The van der Waals surface area contributed by atoms with Crippen LogP contribution < -0.4 is 0 Å². The molecule has 0 aromatic heterocycles. The van der Waals surface area contributed by atoms with Gasteiger partial charge < -0.3 is 10.2 Å². The second-order valence-electron chi connectivity index (χ2n) is 5.05. The van der Waals surface area contributed by atoms with Crippen molar-refractivity contribution in [2.45, 2.75) is 43.8 Å². The number of rotatable bonds is 7. The van der Waals surface area contributed by atoms with Crippen LogP contribution in [0.4, 0.5) is 0 Å². The molecule has 0 unspecified atom stereocenters. The van der Waals surface area contributed by atoms with Gasteiger partial charge in [-0.2, -0.15) is 0 Å². The second-order valence-corrected chi connectivity index (χ2v) is 6.56. The molecule has 3 atom stereocenters. The minimum atomic E-state index is -0.485. The largest absolute Gasteiger partial charge is 0.396 e. The van der Waals surface area contributed by atoms with Gasteiger partial charge >= 0.3 is 0 Å². The molecule has 3 heteroatoms. The molecular formula is C15H24O2S. The minimum Gasteiger partial charge on any atom is -0.396 e. The molecule has 0 bridgehead atoms. The van der Waals surface area contributed by atoms with E-state index < -0.39 is 6.10 Å². The molecule has 0 spiro atoms. The molecule has 0 aliphatic carbocycles. The number of hydrogen-bond donors (Lipinski definition) is 2. The number of aliphatic hydroxyl groups is 2. The third-order valence-electron chi connectivity index (χ3n) is 3.57. The van der Waals surface area contributed by atoms with Crippen molar-refractivity contribution < 1.29 is 10.2 Å². The van der Waals surface area contributed by atoms with Crippen LogP contribution in [0.15, 0.2) is 30.3 Å². The quantitative estimate of drug-likeness (QED) is 0.798. The summed E-state index contributed by atoms with van der Waals surface area (Å²) in [4.78, 5) is 0. The zero-order chi connectivity index (χ0) is 13.6. The average Bonchev–Trinajstić information content (AvgIpc) is 2.44. The summed E-state index contributed by atoms with van der Waals surface area (Å²) in [6, 6.07) is 10.3. The molecule has 2 N–H and O–H groups in total. The van der Waals surface area contributed by atoms with Gasteiger partial charge in [-0.15, -0.1) is 11.8 Å². The van der Waals surface area contributed by atoms with E-state index in [4.69, 9.17) is 0 Å². The van der Waals surface area contributed by atoms with Crippen molar-refractivity contribution in [3.8, 4) is 0 Å². The van der Waals surface area contributed by atoms with E-state index in [0.29, 0.717) is 0 Å². The highest BCUT2D eigenvalue weighted by Gasteiger charge is 2.35. The number of thioether (sulfide) groups is 1. The van der Waals surface area contributed by atoms with Gasteiger partial charge in [0.2, 0.25) is 0 Å². The van der Waals surface area contributed by atoms with Crippen molar-refractivity contribution in [1.82, 2.24) is 0 Å². The lowest BCUT2D eigenvalue weighted by molar-refractivity contribution is 0.0490. The SMILES string of the molecule is CC[C@@](C)(SCc1ccccc1)[C@@H](O)[C@@H](C)CO. The maximum Gasteiger partial charge on any atom is 0.0731 e. The van der Waals surface area contributed by atoms with E-state index in [-0.39, 0.29) is 17.3 Å². The topological polar surface area (TPSA) is 40.5 Å². The van der Waals surface area contributed by atoms with Gasteiger partial charge in [-0.25, -0.2) is 0 Å². The van der Waals surface area contributed by atoms with Gasteiger partial charge in [-0.1, -0.05) is 44.2 Å². The number of aliphatic hydroxyl groups excluding tert-OH is 2. The molecule has 1 aromatic carbocycles. The predicted molar refractivity (Wildman–Crippen MR) is 78.7 cm³/mol. The fourth-order valence-corrected chi connectivity index (χ4v) is 3.22. The van der Waals surface area contributed by atoms with Crippen molar-refractivity contribution >= 4 is 11.8 Å². The third-order valence-corrected chi connectivity index (χ3v) is 5.23. The summed E-state index contributed by atoms with van der Waals surface area (Å²) in [5, 5.41) is 19.5. The Balaban J connectivity index is 2.65. The van der Waals surface area contributed by atoms with Crippen LogP contribution in [0.5, 0.6) is 0 Å². The number of hydrogen-bond acceptors (Lipinski definition) is 3. The Labute approximate surface area is 114 Å². The highest BCUT2D eigenvalue weighted by Crippen LogP contribution is 2.37. The first kappa shape index (κ1) is 15.5. The Morgan fingerprint density at radius 1 is 1.28 bits per heavy atom. The second kappa shape index (κ2) is 7.17. The maximum atomic E-state index is 10.3. The summed E-state index contributed by atoms with van der Waals surface area (Å²) in [6.07, 6.45) is 0.400. The van der Waals surface area contributed by atoms with Crippen LogP contribution in [-0.2, 0) is 5.75 Å². The molecular weight excluding hydrogens is 244 g/mol. The Bertz CT molecular complexity index is 342. The summed E-state index contributed by atoms with van der Waals surface area (Å²) < 4.78 is -0.210. The molecule has 1 rings (SSSR count). The van der Waals surface area contributed by atoms with E-state index in [1.807, 2.05) is 25.1 Å². The monoisotopic (exact) mass is 268 g/mol. The molecule has 0 aliphatic rings. The zero-order valence-electron chi connectivity index (χ0n) is 11.5. The highest BCUT2D eigenvalue weighted by atomic mass is 32.2. The molecule has 102 valence electrons. The third kappa shape index (κ3) is 4.01. The van der Waals surface area contributed by atoms with Crippen molar-refractivity contribution in [1.29, 1.82) is 0 Å². The van der Waals surface area contributed by atoms with Gasteiger partial charge in [0.1, 0.15) is 0 Å². The van der Waals surface area contributed by atoms with Crippen LogP contribution in [0.1, 0.15) is 32.8 Å². The van der Waals surface area contributed by atoms with Crippen molar-refractivity contribution in [3.05, 3.63) is 35.9 Å². The summed E-state index contributed by atoms with van der Waals surface area (Å²) in [6.45, 7) is 6.09. The highest BCUT2D eigenvalue weighted by molar-refractivity contribution is 7.99. The van der Waals surface area contributed by atoms with Gasteiger partial charge in [0.25, 0.3) is 0 Å². The maximum absolute atomic E-state index is 10.3. The van der Waals surface area contributed by atoms with E-state index in [2.05, 4.69) is 26.0 Å². The summed E-state index contributed by atoms with van der Waals surface area (Å²) in [5.41, 5.74) is 1.27. The van der Waals surface area contributed by atoms with Gasteiger partial charge in [0.05, 0.1) is 6.10 Å². The first-order chi connectivity index (χ1) is 8.53. The van der Waals surface area contributed by atoms with Crippen LogP contribution in [0.25, 0.3) is 0 Å². The molecule has 0 heterocycles. The lowest BCUT2D eigenvalue weighted by Gasteiger charge is -2.36. The lowest BCUT2D eigenvalue weighted by atomic mass is 9.91. The van der Waals surface area contributed by atoms with Crippen molar-refractivity contribution in [3.63, 3.8) is 0 Å². The number of benzene rings is 1. The van der Waals surface area contributed by atoms with Crippen molar-refractivity contribution in [2.24, 2.45) is 5.92 Å². The van der Waals surface area contributed by atoms with Gasteiger partial charge in [-0.05, 0) is 18.9 Å². The summed E-state index contributed by atoms with van der Waals surface area (Å²) in [7, 11) is 0. The van der Waals surface area contributed by atoms with Crippen LogP contribution in [0.3, 0.4) is 0 Å². The van der Waals surface area contributed by atoms with Crippen LogP contribution in [-0.4, -0.2) is 27.7 Å². The molecule has 18 heavy (non-hydrogen) atoms. The predicted octanol–water partition coefficient (Wildman–Crippen LogP) is 3.08. The fourth-order valence-electron chi connectivity index (χ4n) is 1.92. The zero-order valence-corrected chi connectivity index (χ0v) is 12.3. The normalized spacial score (nSPS) is 18.1. The van der Waals surface area contributed by atoms with E-state index in [9.17, 15) is 10.2 Å². The Morgan fingerprint density at radius 2 is 1.89 bits per heavy atom. The van der Waals surface area contributed by atoms with E-state index in [1.165, 1.54) is 5.56 Å². The molecule has 0 amide bonds. The molecule has 1 aromatic rings. The standard InChI is InChI=1S/C15H24O2S/c1-4-15(3,14(17)12(2)10-16)18-11-13-8-6-5-7-9-13/h5-9,12,14,16-17H,4,10-11H2,1-3H3/t12-,14-,15+/m0/s1. The van der Waals surface area contributed by atoms with E-state index in [1.54, 1.807) is 11.8 Å². The first-order valence-electron chi connectivity index (χ1n) is 6.50. The molecule has 0 fully saturated rings. The van der Waals surface area contributed by atoms with Gasteiger partial charge in [0, 0.05) is 23.0 Å². The van der Waals surface area contributed by atoms with Crippen LogP contribution in [0, 0.1) is 5.92 Å². The smallest absolute Gasteiger partial charge is 0.0731 e. The Hall–Kier alpha value is -0.510. The lowest BCUT2D eigenvalue weighted by Crippen LogP contribution is -2.41. The van der Waals surface area contributed by atoms with Gasteiger partial charge in [-0.3, -0.25) is 0 Å². The first-order valence-corrected chi connectivity index (χ1v) is 7.49. The minimum absolute atomic E-state index is 0.0304. The average molecular weight is 268 g/mol. The molecule has 0 radical (unpaired) electrons. The Kier molecular flexibility index (Phi) is 6.19. The van der Waals surface area contributed by atoms with Gasteiger partial charge in [0.15, 0.2) is 0 Å². The van der Waals surface area contributed by atoms with E-state index in [0.717, 1.165) is 12.2 Å². The fraction of sp³-hybridized carbons (Fsp3) is 0.600. The molecule has 2 nitrogen and oxygen atoms in total. The molecule has 0 saturated heterocycles.